The third-order valence-corrected chi connectivity index (χ3v) is 3.83. The molecule has 0 radical (unpaired) electrons. The van der Waals surface area contributed by atoms with E-state index in [0.717, 1.165) is 30.2 Å². The molecule has 1 aromatic carbocycles. The monoisotopic (exact) mass is 310 g/mol. The average Bonchev–Trinajstić information content (AvgIpc) is 3.23. The van der Waals surface area contributed by atoms with Gasteiger partial charge in [-0.15, -0.1) is 0 Å². The summed E-state index contributed by atoms with van der Waals surface area (Å²) in [5.74, 6) is 1.50. The molecule has 1 saturated carbocycles. The average molecular weight is 310 g/mol. The first-order valence-electron chi connectivity index (χ1n) is 6.98. The van der Waals surface area contributed by atoms with Gasteiger partial charge in [0.2, 0.25) is 10.0 Å². The van der Waals surface area contributed by atoms with Gasteiger partial charge in [0.1, 0.15) is 0 Å². The molecular formula is C14H22N4O2S. The van der Waals surface area contributed by atoms with Crippen molar-refractivity contribution in [2.45, 2.75) is 19.4 Å². The minimum absolute atomic E-state index is 0.503. The van der Waals surface area contributed by atoms with E-state index in [1.807, 2.05) is 12.1 Å². The van der Waals surface area contributed by atoms with Crippen LogP contribution in [0.4, 0.5) is 5.69 Å². The number of para-hydroxylation sites is 1. The fourth-order valence-electron chi connectivity index (χ4n) is 1.94. The summed E-state index contributed by atoms with van der Waals surface area (Å²) >= 11 is 0. The van der Waals surface area contributed by atoms with E-state index in [-0.39, 0.29) is 0 Å². The van der Waals surface area contributed by atoms with Crippen molar-refractivity contribution in [3.63, 3.8) is 0 Å². The topological polar surface area (TPSA) is 82.6 Å². The van der Waals surface area contributed by atoms with Crippen molar-refractivity contribution in [2.24, 2.45) is 10.9 Å². The normalized spacial score (nSPS) is 15.6. The summed E-state index contributed by atoms with van der Waals surface area (Å²) < 4.78 is 25.3. The molecule has 1 aromatic rings. The number of anilines is 1. The predicted molar refractivity (Wildman–Crippen MR) is 85.8 cm³/mol. The molecule has 1 aliphatic rings. The number of nitrogens with zero attached hydrogens (tertiary/aromatic N) is 1. The van der Waals surface area contributed by atoms with E-state index >= 15 is 0 Å². The standard InChI is InChI=1S/C14H22N4O2S/c1-15-14(16-9-11-7-8-11)17-10-12-5-3-4-6-13(12)18-21(2,19)20/h3-6,11,18H,7-10H2,1-2H3,(H2,15,16,17). The Morgan fingerprint density at radius 1 is 1.29 bits per heavy atom. The summed E-state index contributed by atoms with van der Waals surface area (Å²) in [5.41, 5.74) is 1.46. The maximum Gasteiger partial charge on any atom is 0.229 e. The molecule has 3 N–H and O–H groups in total. The van der Waals surface area contributed by atoms with Crippen molar-refractivity contribution in [2.75, 3.05) is 24.6 Å². The van der Waals surface area contributed by atoms with E-state index in [0.29, 0.717) is 12.2 Å². The molecule has 7 heteroatoms. The van der Waals surface area contributed by atoms with Gasteiger partial charge in [-0.25, -0.2) is 8.42 Å². The van der Waals surface area contributed by atoms with Crippen LogP contribution in [-0.2, 0) is 16.6 Å². The lowest BCUT2D eigenvalue weighted by atomic mass is 10.2. The summed E-state index contributed by atoms with van der Waals surface area (Å²) in [6.07, 6.45) is 3.71. The summed E-state index contributed by atoms with van der Waals surface area (Å²) in [6.45, 7) is 1.44. The van der Waals surface area contributed by atoms with Crippen LogP contribution in [0.2, 0.25) is 0 Å². The highest BCUT2D eigenvalue weighted by molar-refractivity contribution is 7.92. The highest BCUT2D eigenvalue weighted by Gasteiger charge is 2.21. The Labute approximate surface area is 126 Å². The van der Waals surface area contributed by atoms with Gasteiger partial charge in [0.15, 0.2) is 5.96 Å². The maximum absolute atomic E-state index is 11.4. The van der Waals surface area contributed by atoms with Crippen molar-refractivity contribution in [1.82, 2.24) is 10.6 Å². The van der Waals surface area contributed by atoms with Crippen LogP contribution in [0.3, 0.4) is 0 Å². The van der Waals surface area contributed by atoms with Gasteiger partial charge >= 0.3 is 0 Å². The second-order valence-corrected chi connectivity index (χ2v) is 7.03. The smallest absolute Gasteiger partial charge is 0.229 e. The van der Waals surface area contributed by atoms with Gasteiger partial charge in [-0.05, 0) is 30.4 Å². The van der Waals surface area contributed by atoms with Crippen LogP contribution < -0.4 is 15.4 Å². The molecule has 0 aromatic heterocycles. The van der Waals surface area contributed by atoms with Gasteiger partial charge in [0, 0.05) is 20.1 Å². The zero-order chi connectivity index (χ0) is 15.3. The Balaban J connectivity index is 1.94. The lowest BCUT2D eigenvalue weighted by Crippen LogP contribution is -2.38. The summed E-state index contributed by atoms with van der Waals surface area (Å²) in [6, 6.07) is 7.31. The van der Waals surface area contributed by atoms with E-state index in [2.05, 4.69) is 20.3 Å². The van der Waals surface area contributed by atoms with Crippen LogP contribution in [0.15, 0.2) is 29.3 Å². The van der Waals surface area contributed by atoms with Crippen molar-refractivity contribution < 1.29 is 8.42 Å². The van der Waals surface area contributed by atoms with Crippen LogP contribution in [0.25, 0.3) is 0 Å². The first-order valence-corrected chi connectivity index (χ1v) is 8.87. The molecule has 0 heterocycles. The van der Waals surface area contributed by atoms with Gasteiger partial charge in [0.25, 0.3) is 0 Å². The van der Waals surface area contributed by atoms with Crippen LogP contribution >= 0.6 is 0 Å². The lowest BCUT2D eigenvalue weighted by molar-refractivity contribution is 0.606. The number of rotatable bonds is 6. The van der Waals surface area contributed by atoms with Crippen molar-refractivity contribution in [3.8, 4) is 0 Å². The number of benzene rings is 1. The highest BCUT2D eigenvalue weighted by Crippen LogP contribution is 2.27. The van der Waals surface area contributed by atoms with Crippen LogP contribution in [0, 0.1) is 5.92 Å². The van der Waals surface area contributed by atoms with Crippen molar-refractivity contribution >= 4 is 21.7 Å². The molecule has 0 spiro atoms. The van der Waals surface area contributed by atoms with Crippen LogP contribution in [0.5, 0.6) is 0 Å². The molecule has 0 atom stereocenters. The molecule has 0 unspecified atom stereocenters. The SMILES string of the molecule is CN=C(NCc1ccccc1NS(C)(=O)=O)NCC1CC1. The van der Waals surface area contributed by atoms with E-state index in [9.17, 15) is 8.42 Å². The molecule has 6 nitrogen and oxygen atoms in total. The zero-order valence-electron chi connectivity index (χ0n) is 12.4. The molecule has 0 saturated heterocycles. The molecule has 116 valence electrons. The van der Waals surface area contributed by atoms with Gasteiger partial charge in [-0.3, -0.25) is 9.71 Å². The number of aliphatic imine (C=N–C) groups is 1. The van der Waals surface area contributed by atoms with Crippen molar-refractivity contribution in [3.05, 3.63) is 29.8 Å². The Morgan fingerprint density at radius 3 is 2.62 bits per heavy atom. The second-order valence-electron chi connectivity index (χ2n) is 5.28. The number of sulfonamides is 1. The van der Waals surface area contributed by atoms with Gasteiger partial charge in [-0.2, -0.15) is 0 Å². The zero-order valence-corrected chi connectivity index (χ0v) is 13.2. The van der Waals surface area contributed by atoms with Gasteiger partial charge in [0.05, 0.1) is 11.9 Å². The van der Waals surface area contributed by atoms with E-state index in [4.69, 9.17) is 0 Å². The highest BCUT2D eigenvalue weighted by atomic mass is 32.2. The Bertz CT molecular complexity index is 609. The Kier molecular flexibility index (Phi) is 5.06. The molecule has 0 bridgehead atoms. The number of guanidine groups is 1. The van der Waals surface area contributed by atoms with E-state index < -0.39 is 10.0 Å². The fraction of sp³-hybridized carbons (Fsp3) is 0.500. The van der Waals surface area contributed by atoms with Crippen molar-refractivity contribution in [1.29, 1.82) is 0 Å². The molecule has 0 amide bonds. The number of nitrogens with one attached hydrogen (secondary N) is 3. The van der Waals surface area contributed by atoms with E-state index in [1.54, 1.807) is 19.2 Å². The molecule has 0 aliphatic heterocycles. The largest absolute Gasteiger partial charge is 0.356 e. The summed E-state index contributed by atoms with van der Waals surface area (Å²) in [7, 11) is -1.56. The number of hydrogen-bond acceptors (Lipinski definition) is 3. The molecule has 2 rings (SSSR count). The number of hydrogen-bond donors (Lipinski definition) is 3. The minimum Gasteiger partial charge on any atom is -0.356 e. The quantitative estimate of drug-likeness (QED) is 0.543. The third-order valence-electron chi connectivity index (χ3n) is 3.24. The molecular weight excluding hydrogens is 288 g/mol. The van der Waals surface area contributed by atoms with Gasteiger partial charge in [-0.1, -0.05) is 18.2 Å². The predicted octanol–water partition coefficient (Wildman–Crippen LogP) is 1.13. The Morgan fingerprint density at radius 2 is 2.00 bits per heavy atom. The first kappa shape index (κ1) is 15.6. The van der Waals surface area contributed by atoms with Crippen LogP contribution in [0.1, 0.15) is 18.4 Å². The molecule has 21 heavy (non-hydrogen) atoms. The summed E-state index contributed by atoms with van der Waals surface area (Å²) in [4.78, 5) is 4.16. The summed E-state index contributed by atoms with van der Waals surface area (Å²) in [5, 5.41) is 6.47. The minimum atomic E-state index is -3.28. The lowest BCUT2D eigenvalue weighted by Gasteiger charge is -2.14. The van der Waals surface area contributed by atoms with Gasteiger partial charge < -0.3 is 10.6 Å². The van der Waals surface area contributed by atoms with E-state index in [1.165, 1.54) is 12.8 Å². The van der Waals surface area contributed by atoms with Crippen LogP contribution in [-0.4, -0.2) is 34.2 Å². The Hall–Kier alpha value is -1.76. The maximum atomic E-state index is 11.4. The molecule has 1 fully saturated rings. The molecule has 1 aliphatic carbocycles. The second kappa shape index (κ2) is 6.80. The fourth-order valence-corrected chi connectivity index (χ4v) is 2.53. The third kappa shape index (κ3) is 5.63. The first-order chi connectivity index (χ1) is 9.98.